The Morgan fingerprint density at radius 2 is 1.82 bits per heavy atom. The lowest BCUT2D eigenvalue weighted by Crippen LogP contribution is -2.21. The maximum atomic E-state index is 12.5. The summed E-state index contributed by atoms with van der Waals surface area (Å²) < 4.78 is 0. The first-order valence-corrected chi connectivity index (χ1v) is 6.82. The van der Waals surface area contributed by atoms with Crippen LogP contribution in [0.1, 0.15) is 20.7 Å². The van der Waals surface area contributed by atoms with Crippen molar-refractivity contribution in [2.75, 3.05) is 5.32 Å². The Morgan fingerprint density at radius 3 is 2.68 bits per heavy atom. The molecule has 0 spiro atoms. The normalized spacial score (nSPS) is 13.9. The average Bonchev–Trinajstić information content (AvgIpc) is 3.00. The Morgan fingerprint density at radius 1 is 1.00 bits per heavy atom. The fraction of sp³-hybridized carbons (Fsp3) is 0. The number of fused-ring (bicyclic) bond motifs is 2. The summed E-state index contributed by atoms with van der Waals surface area (Å²) in [5.74, 6) is -0.347. The summed E-state index contributed by atoms with van der Waals surface area (Å²) >= 11 is 0. The predicted molar refractivity (Wildman–Crippen MR) is 82.9 cm³/mol. The molecule has 1 aliphatic carbocycles. The average molecular weight is 289 g/mol. The number of hydrogen-bond donors (Lipinski definition) is 2. The van der Waals surface area contributed by atoms with Gasteiger partial charge in [0.05, 0.1) is 17.4 Å². The number of anilines is 1. The van der Waals surface area contributed by atoms with Crippen LogP contribution in [0.5, 0.6) is 0 Å². The fourth-order valence-electron chi connectivity index (χ4n) is 2.58. The number of ketones is 2. The molecule has 0 aliphatic heterocycles. The lowest BCUT2D eigenvalue weighted by Gasteiger charge is -2.16. The van der Waals surface area contributed by atoms with E-state index in [1.165, 1.54) is 6.08 Å². The molecule has 0 amide bonds. The van der Waals surface area contributed by atoms with E-state index in [0.29, 0.717) is 11.1 Å². The van der Waals surface area contributed by atoms with Crippen molar-refractivity contribution in [1.29, 1.82) is 0 Å². The largest absolute Gasteiger partial charge is 0.352 e. The van der Waals surface area contributed by atoms with Gasteiger partial charge in [0.15, 0.2) is 5.78 Å². The minimum absolute atomic E-state index is 0.166. The van der Waals surface area contributed by atoms with Gasteiger partial charge in [-0.05, 0) is 18.2 Å². The molecule has 0 bridgehead atoms. The van der Waals surface area contributed by atoms with Crippen LogP contribution >= 0.6 is 0 Å². The molecule has 5 nitrogen and oxygen atoms in total. The smallest absolute Gasteiger partial charge is 0.210 e. The molecule has 0 atom stereocenters. The number of Topliss-reactive ketones (excluding diaryl/α,β-unsaturated/α-hetero) is 1. The third kappa shape index (κ3) is 1.91. The minimum atomic E-state index is -0.181. The van der Waals surface area contributed by atoms with Gasteiger partial charge < -0.3 is 5.32 Å². The Bertz CT molecular complexity index is 953. The van der Waals surface area contributed by atoms with Crippen molar-refractivity contribution in [3.63, 3.8) is 0 Å². The van der Waals surface area contributed by atoms with Gasteiger partial charge in [0, 0.05) is 28.3 Å². The van der Waals surface area contributed by atoms with E-state index in [-0.39, 0.29) is 17.3 Å². The number of hydrogen-bond acceptors (Lipinski definition) is 4. The number of allylic oxidation sites excluding steroid dienone is 2. The van der Waals surface area contributed by atoms with E-state index in [9.17, 15) is 9.59 Å². The summed E-state index contributed by atoms with van der Waals surface area (Å²) in [4.78, 5) is 24.6. The molecule has 2 aromatic carbocycles. The maximum Gasteiger partial charge on any atom is 0.210 e. The van der Waals surface area contributed by atoms with Crippen LogP contribution in [0.2, 0.25) is 0 Å². The topological polar surface area (TPSA) is 74.8 Å². The summed E-state index contributed by atoms with van der Waals surface area (Å²) in [7, 11) is 0. The number of aromatic amines is 1. The van der Waals surface area contributed by atoms with Crippen molar-refractivity contribution in [3.05, 3.63) is 71.6 Å². The molecule has 1 heterocycles. The molecule has 0 saturated heterocycles. The van der Waals surface area contributed by atoms with Crippen LogP contribution in [-0.4, -0.2) is 21.8 Å². The van der Waals surface area contributed by atoms with Crippen molar-refractivity contribution in [2.24, 2.45) is 0 Å². The number of carbonyl (C=O) groups excluding carboxylic acids is 2. The Balaban J connectivity index is 1.71. The second-order valence-corrected chi connectivity index (χ2v) is 5.09. The Kier molecular flexibility index (Phi) is 2.66. The highest BCUT2D eigenvalue weighted by atomic mass is 16.1. The van der Waals surface area contributed by atoms with Crippen molar-refractivity contribution < 1.29 is 9.59 Å². The predicted octanol–water partition coefficient (Wildman–Crippen LogP) is 2.94. The number of H-pyrrole nitrogens is 1. The summed E-state index contributed by atoms with van der Waals surface area (Å²) in [5.41, 5.74) is 2.74. The summed E-state index contributed by atoms with van der Waals surface area (Å²) in [6.45, 7) is 0. The van der Waals surface area contributed by atoms with Gasteiger partial charge in [-0.3, -0.25) is 14.7 Å². The highest BCUT2D eigenvalue weighted by Crippen LogP contribution is 2.24. The van der Waals surface area contributed by atoms with Crippen LogP contribution in [0.15, 0.2) is 60.4 Å². The first-order valence-electron chi connectivity index (χ1n) is 6.82. The van der Waals surface area contributed by atoms with Crippen molar-refractivity contribution in [3.8, 4) is 0 Å². The molecule has 0 fully saturated rings. The van der Waals surface area contributed by atoms with Gasteiger partial charge in [0.25, 0.3) is 0 Å². The SMILES string of the molecule is O=C1C=C(Nc2ccc3cn[nH]c3c2)C(=O)c2ccccc21. The van der Waals surface area contributed by atoms with Crippen molar-refractivity contribution >= 4 is 28.2 Å². The quantitative estimate of drug-likeness (QED) is 0.760. The van der Waals surface area contributed by atoms with Crippen LogP contribution in [0.25, 0.3) is 10.9 Å². The molecule has 0 radical (unpaired) electrons. The van der Waals surface area contributed by atoms with Crippen LogP contribution in [-0.2, 0) is 0 Å². The third-order valence-electron chi connectivity index (χ3n) is 3.68. The van der Waals surface area contributed by atoms with Crippen molar-refractivity contribution in [1.82, 2.24) is 10.2 Å². The lowest BCUT2D eigenvalue weighted by atomic mass is 9.92. The van der Waals surface area contributed by atoms with Gasteiger partial charge in [0.2, 0.25) is 5.78 Å². The second-order valence-electron chi connectivity index (χ2n) is 5.09. The highest BCUT2D eigenvalue weighted by molar-refractivity contribution is 6.25. The molecule has 4 rings (SSSR count). The number of nitrogens with zero attached hydrogens (tertiary/aromatic N) is 1. The number of carbonyl (C=O) groups is 2. The van der Waals surface area contributed by atoms with Crippen molar-refractivity contribution in [2.45, 2.75) is 0 Å². The van der Waals surface area contributed by atoms with E-state index in [2.05, 4.69) is 15.5 Å². The molecule has 0 unspecified atom stereocenters. The Labute approximate surface area is 125 Å². The van der Waals surface area contributed by atoms with Crippen LogP contribution < -0.4 is 5.32 Å². The number of aromatic nitrogens is 2. The van der Waals surface area contributed by atoms with Gasteiger partial charge in [-0.15, -0.1) is 0 Å². The Hall–Kier alpha value is -3.21. The number of benzene rings is 2. The number of rotatable bonds is 2. The van der Waals surface area contributed by atoms with E-state index in [4.69, 9.17) is 0 Å². The molecule has 2 N–H and O–H groups in total. The highest BCUT2D eigenvalue weighted by Gasteiger charge is 2.25. The zero-order valence-electron chi connectivity index (χ0n) is 11.5. The summed E-state index contributed by atoms with van der Waals surface area (Å²) in [6.07, 6.45) is 3.08. The first-order chi connectivity index (χ1) is 10.7. The molecule has 1 aromatic heterocycles. The molecule has 106 valence electrons. The molecule has 5 heteroatoms. The van der Waals surface area contributed by atoms with Gasteiger partial charge in [-0.1, -0.05) is 24.3 Å². The fourth-order valence-corrected chi connectivity index (χ4v) is 2.58. The van der Waals surface area contributed by atoms with E-state index in [1.54, 1.807) is 30.5 Å². The summed E-state index contributed by atoms with van der Waals surface area (Å²) in [6, 6.07) is 12.4. The van der Waals surface area contributed by atoms with Crippen LogP contribution in [0.3, 0.4) is 0 Å². The second kappa shape index (κ2) is 4.66. The van der Waals surface area contributed by atoms with Crippen LogP contribution in [0.4, 0.5) is 5.69 Å². The molecule has 3 aromatic rings. The zero-order valence-corrected chi connectivity index (χ0v) is 11.5. The molecule has 1 aliphatic rings. The monoisotopic (exact) mass is 289 g/mol. The van der Waals surface area contributed by atoms with Gasteiger partial charge in [-0.2, -0.15) is 5.10 Å². The van der Waals surface area contributed by atoms with E-state index in [1.807, 2.05) is 18.2 Å². The maximum absolute atomic E-state index is 12.5. The molecular formula is C17H11N3O2. The van der Waals surface area contributed by atoms with E-state index < -0.39 is 0 Å². The lowest BCUT2D eigenvalue weighted by molar-refractivity contribution is 0.0985. The van der Waals surface area contributed by atoms with Crippen LogP contribution in [0, 0.1) is 0 Å². The van der Waals surface area contributed by atoms with E-state index in [0.717, 1.165) is 16.6 Å². The minimum Gasteiger partial charge on any atom is -0.352 e. The number of nitrogens with one attached hydrogen (secondary N) is 2. The van der Waals surface area contributed by atoms with E-state index >= 15 is 0 Å². The zero-order chi connectivity index (χ0) is 15.1. The van der Waals surface area contributed by atoms with Gasteiger partial charge in [-0.25, -0.2) is 0 Å². The third-order valence-corrected chi connectivity index (χ3v) is 3.68. The molecule has 0 saturated carbocycles. The first kappa shape index (κ1) is 12.5. The van der Waals surface area contributed by atoms with Gasteiger partial charge in [0.1, 0.15) is 0 Å². The molecule has 22 heavy (non-hydrogen) atoms. The summed E-state index contributed by atoms with van der Waals surface area (Å²) in [5, 5.41) is 10.8. The van der Waals surface area contributed by atoms with Gasteiger partial charge >= 0.3 is 0 Å². The standard InChI is InChI=1S/C17H11N3O2/c21-16-8-15(17(22)13-4-2-1-3-12(13)16)19-11-6-5-10-9-18-20-14(10)7-11/h1-9,19H,(H,18,20). The molecular weight excluding hydrogens is 278 g/mol.